The molecular formula is C9H10NO5P. The third-order valence-electron chi connectivity index (χ3n) is 2.11. The van der Waals surface area contributed by atoms with Gasteiger partial charge in [-0.3, -0.25) is 0 Å². The average Bonchev–Trinajstić information content (AvgIpc) is 2.20. The van der Waals surface area contributed by atoms with Gasteiger partial charge in [-0.05, 0) is 17.7 Å². The van der Waals surface area contributed by atoms with Crippen LogP contribution in [0.2, 0.25) is 0 Å². The Balaban J connectivity index is 3.02. The van der Waals surface area contributed by atoms with E-state index in [9.17, 15) is 13.9 Å². The highest BCUT2D eigenvalue weighted by molar-refractivity contribution is 7.34. The van der Waals surface area contributed by atoms with Crippen LogP contribution >= 0.6 is 7.68 Å². The number of nitrogens with two attached hydrogens (primary N) is 1. The van der Waals surface area contributed by atoms with Crippen LogP contribution in [0, 0.1) is 0 Å². The minimum Gasteiger partial charge on any atom is -0.508 e. The van der Waals surface area contributed by atoms with Gasteiger partial charge < -0.3 is 15.9 Å². The van der Waals surface area contributed by atoms with E-state index >= 15 is 0 Å². The molecule has 86 valence electrons. The second-order valence-corrected chi connectivity index (χ2v) is 4.64. The number of phenolic OH excluding ortho intramolecular Hbond substituents is 1. The molecule has 0 spiro atoms. The van der Waals surface area contributed by atoms with Crippen LogP contribution in [0.5, 0.6) is 5.75 Å². The molecule has 1 unspecified atom stereocenters. The molecule has 0 saturated heterocycles. The van der Waals surface area contributed by atoms with Gasteiger partial charge in [-0.25, -0.2) is 13.9 Å². The van der Waals surface area contributed by atoms with E-state index in [-0.39, 0.29) is 12.2 Å². The molecule has 0 aliphatic carbocycles. The summed E-state index contributed by atoms with van der Waals surface area (Å²) >= 11 is 0. The van der Waals surface area contributed by atoms with Crippen molar-refractivity contribution in [1.82, 2.24) is 0 Å². The number of carboxylic acid groups (broad SMARTS) is 1. The minimum atomic E-state index is -3.30. The number of rotatable bonds is 4. The lowest BCUT2D eigenvalue weighted by molar-refractivity contribution is -0.140. The molecular weight excluding hydrogens is 233 g/mol. The maximum Gasteiger partial charge on any atom is 0.348 e. The van der Waals surface area contributed by atoms with E-state index < -0.39 is 18.9 Å². The number of aromatic hydroxyl groups is 1. The van der Waals surface area contributed by atoms with Gasteiger partial charge in [0.25, 0.3) is 0 Å². The first-order chi connectivity index (χ1) is 7.36. The zero-order valence-electron chi connectivity index (χ0n) is 8.16. The normalized spacial score (nSPS) is 14.1. The topological polar surface area (TPSA) is 118 Å². The zero-order valence-corrected chi connectivity index (χ0v) is 9.05. The number of benzene rings is 1. The van der Waals surface area contributed by atoms with Crippen molar-refractivity contribution >= 4 is 13.6 Å². The number of carbonyl (C=O) groups is 1. The monoisotopic (exact) mass is 243 g/mol. The summed E-state index contributed by atoms with van der Waals surface area (Å²) < 4.78 is 21.6. The summed E-state index contributed by atoms with van der Waals surface area (Å²) in [7, 11) is -3.30. The van der Waals surface area contributed by atoms with E-state index in [2.05, 4.69) is 0 Å². The molecule has 0 saturated carbocycles. The van der Waals surface area contributed by atoms with Crippen molar-refractivity contribution in [3.8, 4) is 5.75 Å². The molecule has 1 aromatic carbocycles. The van der Waals surface area contributed by atoms with E-state index in [1.54, 1.807) is 0 Å². The lowest BCUT2D eigenvalue weighted by Crippen LogP contribution is -2.45. The van der Waals surface area contributed by atoms with E-state index in [0.717, 1.165) is 0 Å². The number of aliphatic carboxylic acids is 1. The summed E-state index contributed by atoms with van der Waals surface area (Å²) in [6.07, 6.45) is -0.346. The summed E-state index contributed by atoms with van der Waals surface area (Å²) in [5.41, 5.74) is 5.71. The SMILES string of the molecule is NC(Cc1ccc(O)cc1)(C(=O)O)P(=O)=O. The Hall–Kier alpha value is -1.65. The van der Waals surface area contributed by atoms with Gasteiger partial charge in [0.2, 0.25) is 5.28 Å². The van der Waals surface area contributed by atoms with Crippen LogP contribution in [-0.4, -0.2) is 21.5 Å². The molecule has 0 aliphatic rings. The van der Waals surface area contributed by atoms with E-state index in [4.69, 9.17) is 15.9 Å². The van der Waals surface area contributed by atoms with Crippen molar-refractivity contribution in [3.63, 3.8) is 0 Å². The van der Waals surface area contributed by atoms with Gasteiger partial charge in [-0.1, -0.05) is 12.1 Å². The lowest BCUT2D eigenvalue weighted by Gasteiger charge is -2.15. The Morgan fingerprint density at radius 3 is 2.19 bits per heavy atom. The fourth-order valence-corrected chi connectivity index (χ4v) is 1.61. The van der Waals surface area contributed by atoms with Gasteiger partial charge in [0, 0.05) is 6.42 Å². The Morgan fingerprint density at radius 2 is 1.81 bits per heavy atom. The highest BCUT2D eigenvalue weighted by Crippen LogP contribution is 2.28. The van der Waals surface area contributed by atoms with Crippen molar-refractivity contribution in [1.29, 1.82) is 0 Å². The summed E-state index contributed by atoms with van der Waals surface area (Å²) in [6, 6.07) is 5.49. The first kappa shape index (κ1) is 12.4. The third-order valence-corrected chi connectivity index (χ3v) is 3.11. The van der Waals surface area contributed by atoms with Crippen LogP contribution in [0.3, 0.4) is 0 Å². The molecule has 0 aromatic heterocycles. The number of hydrogen-bond acceptors (Lipinski definition) is 5. The lowest BCUT2D eigenvalue weighted by atomic mass is 10.1. The predicted molar refractivity (Wildman–Crippen MR) is 54.7 cm³/mol. The molecule has 0 bridgehead atoms. The van der Waals surface area contributed by atoms with Crippen molar-refractivity contribution in [3.05, 3.63) is 29.8 Å². The largest absolute Gasteiger partial charge is 0.508 e. The maximum atomic E-state index is 10.8. The van der Waals surface area contributed by atoms with Gasteiger partial charge in [0.15, 0.2) is 0 Å². The van der Waals surface area contributed by atoms with Gasteiger partial charge in [0.1, 0.15) is 5.75 Å². The Kier molecular flexibility index (Phi) is 3.47. The summed E-state index contributed by atoms with van der Waals surface area (Å²) in [6.45, 7) is 0. The summed E-state index contributed by atoms with van der Waals surface area (Å²) in [4.78, 5) is 10.8. The van der Waals surface area contributed by atoms with E-state index in [1.165, 1.54) is 24.3 Å². The van der Waals surface area contributed by atoms with Crippen LogP contribution in [0.1, 0.15) is 5.56 Å². The Labute approximate surface area is 91.5 Å². The molecule has 1 rings (SSSR count). The second-order valence-electron chi connectivity index (χ2n) is 3.33. The van der Waals surface area contributed by atoms with E-state index in [0.29, 0.717) is 5.56 Å². The maximum absolute atomic E-state index is 10.8. The molecule has 16 heavy (non-hydrogen) atoms. The van der Waals surface area contributed by atoms with Crippen LogP contribution in [-0.2, 0) is 20.3 Å². The molecule has 0 amide bonds. The molecule has 6 nitrogen and oxygen atoms in total. The fraction of sp³-hybridized carbons (Fsp3) is 0.222. The second kappa shape index (κ2) is 4.47. The molecule has 0 radical (unpaired) electrons. The average molecular weight is 243 g/mol. The molecule has 4 N–H and O–H groups in total. The third kappa shape index (κ3) is 2.48. The molecule has 0 aliphatic heterocycles. The minimum absolute atomic E-state index is 0.00760. The zero-order chi connectivity index (χ0) is 12.3. The van der Waals surface area contributed by atoms with Gasteiger partial charge in [-0.15, -0.1) is 0 Å². The molecule has 1 atom stereocenters. The highest BCUT2D eigenvalue weighted by Gasteiger charge is 2.40. The molecule has 0 fully saturated rings. The van der Waals surface area contributed by atoms with Crippen molar-refractivity contribution in [2.24, 2.45) is 5.73 Å². The van der Waals surface area contributed by atoms with E-state index in [1.807, 2.05) is 0 Å². The first-order valence-corrected chi connectivity index (χ1v) is 5.48. The molecule has 7 heteroatoms. The van der Waals surface area contributed by atoms with Crippen LogP contribution in [0.4, 0.5) is 0 Å². The van der Waals surface area contributed by atoms with Crippen molar-refractivity contribution in [2.75, 3.05) is 0 Å². The molecule has 1 aromatic rings. The summed E-state index contributed by atoms with van der Waals surface area (Å²) in [5.74, 6) is -1.59. The van der Waals surface area contributed by atoms with Crippen molar-refractivity contribution < 1.29 is 24.1 Å². The number of hydrogen-bond donors (Lipinski definition) is 3. The van der Waals surface area contributed by atoms with Gasteiger partial charge in [-0.2, -0.15) is 0 Å². The Bertz CT molecular complexity index is 459. The van der Waals surface area contributed by atoms with Gasteiger partial charge >= 0.3 is 13.6 Å². The van der Waals surface area contributed by atoms with Crippen LogP contribution < -0.4 is 5.73 Å². The number of carboxylic acids is 1. The first-order valence-electron chi connectivity index (χ1n) is 4.31. The fourth-order valence-electron chi connectivity index (χ4n) is 1.14. The standard InChI is InChI=1S/C9H10NO5P/c10-9(8(12)13,16(14)15)5-6-1-3-7(11)4-2-6/h1-4,11H,5,10H2,(H,12,13). The smallest absolute Gasteiger partial charge is 0.348 e. The predicted octanol–water partition coefficient (Wildman–Crippen LogP) is 0.847. The van der Waals surface area contributed by atoms with Gasteiger partial charge in [0.05, 0.1) is 0 Å². The Morgan fingerprint density at radius 1 is 1.31 bits per heavy atom. The quantitative estimate of drug-likeness (QED) is 0.674. The van der Waals surface area contributed by atoms with Crippen molar-refractivity contribution in [2.45, 2.75) is 11.7 Å². The highest BCUT2D eigenvalue weighted by atomic mass is 31.1. The number of phenols is 1. The van der Waals surface area contributed by atoms with Crippen LogP contribution in [0.25, 0.3) is 0 Å². The summed E-state index contributed by atoms with van der Waals surface area (Å²) in [5, 5.41) is 15.5. The van der Waals surface area contributed by atoms with Crippen LogP contribution in [0.15, 0.2) is 24.3 Å². The molecule has 0 heterocycles.